The van der Waals surface area contributed by atoms with E-state index in [1.807, 2.05) is 29.7 Å². The number of aliphatic hydroxyl groups is 1. The van der Waals surface area contributed by atoms with Crippen molar-refractivity contribution in [2.45, 2.75) is 20.0 Å². The average Bonchev–Trinajstić information content (AvgIpc) is 2.59. The molecule has 0 saturated carbocycles. The Balaban J connectivity index is 2.03. The molecule has 8 heteroatoms. The van der Waals surface area contributed by atoms with Crippen molar-refractivity contribution in [2.75, 3.05) is 49.9 Å². The number of hydrogen-bond donors (Lipinski definition) is 3. The lowest BCUT2D eigenvalue weighted by Crippen LogP contribution is -2.41. The number of likely N-dealkylation sites (N-methyl/N-ethyl adjacent to an activating group) is 1. The number of aryl methyl sites for hydroxylation is 1. The molecular weight excluding hydrogens is 284 g/mol. The molecule has 2 heterocycles. The van der Waals surface area contributed by atoms with Gasteiger partial charge >= 0.3 is 0 Å². The van der Waals surface area contributed by atoms with E-state index in [2.05, 4.69) is 15.3 Å². The van der Waals surface area contributed by atoms with Gasteiger partial charge in [-0.15, -0.1) is 0 Å². The number of nitrogens with one attached hydrogen (secondary N) is 1. The molecule has 1 amide bonds. The van der Waals surface area contributed by atoms with Gasteiger partial charge in [0.15, 0.2) is 0 Å². The van der Waals surface area contributed by atoms with Crippen LogP contribution in [0.15, 0.2) is 6.07 Å². The Kier molecular flexibility index (Phi) is 5.51. The van der Waals surface area contributed by atoms with Crippen LogP contribution in [-0.4, -0.2) is 71.3 Å². The zero-order chi connectivity index (χ0) is 16.1. The van der Waals surface area contributed by atoms with Gasteiger partial charge in [-0.3, -0.25) is 9.69 Å². The van der Waals surface area contributed by atoms with Gasteiger partial charge in [0, 0.05) is 44.5 Å². The van der Waals surface area contributed by atoms with Gasteiger partial charge in [-0.2, -0.15) is 4.98 Å². The van der Waals surface area contributed by atoms with E-state index in [4.69, 9.17) is 5.73 Å². The largest absolute Gasteiger partial charge is 0.390 e. The highest BCUT2D eigenvalue weighted by molar-refractivity contribution is 5.77. The van der Waals surface area contributed by atoms with Crippen molar-refractivity contribution >= 4 is 17.7 Å². The number of carbonyl (C=O) groups excluding carboxylic acids is 1. The Labute approximate surface area is 130 Å². The fourth-order valence-corrected chi connectivity index (χ4v) is 2.60. The lowest BCUT2D eigenvalue weighted by molar-refractivity contribution is -0.122. The molecule has 1 unspecified atom stereocenters. The van der Waals surface area contributed by atoms with Gasteiger partial charge in [-0.25, -0.2) is 4.98 Å². The number of nitrogens with two attached hydrogens (primary N) is 1. The Morgan fingerprint density at radius 2 is 2.23 bits per heavy atom. The van der Waals surface area contributed by atoms with Crippen LogP contribution in [0.5, 0.6) is 0 Å². The number of β-amino-alcohol motifs (C(OH)–C–C–N with tert-alkyl or cyclic N) is 1. The van der Waals surface area contributed by atoms with Crippen molar-refractivity contribution in [3.63, 3.8) is 0 Å². The first-order valence-electron chi connectivity index (χ1n) is 7.51. The molecule has 8 nitrogen and oxygen atoms in total. The molecule has 22 heavy (non-hydrogen) atoms. The summed E-state index contributed by atoms with van der Waals surface area (Å²) in [6.45, 7) is 6.93. The highest BCUT2D eigenvalue weighted by atomic mass is 16.3. The quantitative estimate of drug-likeness (QED) is 0.654. The molecule has 0 aromatic carbocycles. The first-order chi connectivity index (χ1) is 10.5. The Morgan fingerprint density at radius 3 is 2.91 bits per heavy atom. The van der Waals surface area contributed by atoms with Crippen LogP contribution in [0, 0.1) is 6.92 Å². The number of nitrogens with zero attached hydrogens (tertiary/aromatic N) is 4. The number of amides is 1. The summed E-state index contributed by atoms with van der Waals surface area (Å²) in [6, 6.07) is 1.85. The molecule has 0 radical (unpaired) electrons. The highest BCUT2D eigenvalue weighted by Gasteiger charge is 2.23. The van der Waals surface area contributed by atoms with Gasteiger partial charge < -0.3 is 21.1 Å². The molecule has 0 spiro atoms. The van der Waals surface area contributed by atoms with Crippen LogP contribution in [0.3, 0.4) is 0 Å². The van der Waals surface area contributed by atoms with Gasteiger partial charge in [0.2, 0.25) is 11.9 Å². The molecule has 1 fully saturated rings. The minimum atomic E-state index is -0.548. The number of aromatic nitrogens is 2. The summed E-state index contributed by atoms with van der Waals surface area (Å²) < 4.78 is 0. The molecule has 1 aliphatic heterocycles. The van der Waals surface area contributed by atoms with Gasteiger partial charge in [0.1, 0.15) is 5.82 Å². The zero-order valence-electron chi connectivity index (χ0n) is 13.1. The molecule has 2 rings (SSSR count). The third-order valence-electron chi connectivity index (χ3n) is 3.51. The van der Waals surface area contributed by atoms with Gasteiger partial charge in [0.25, 0.3) is 0 Å². The van der Waals surface area contributed by atoms with E-state index in [0.29, 0.717) is 45.1 Å². The molecule has 1 saturated heterocycles. The van der Waals surface area contributed by atoms with Crippen LogP contribution in [0.2, 0.25) is 0 Å². The Bertz CT molecular complexity index is 504. The summed E-state index contributed by atoms with van der Waals surface area (Å²) in [7, 11) is 0. The first kappa shape index (κ1) is 16.4. The number of anilines is 2. The van der Waals surface area contributed by atoms with Crippen LogP contribution in [0.25, 0.3) is 0 Å². The Hall–Kier alpha value is -1.93. The zero-order valence-corrected chi connectivity index (χ0v) is 13.1. The lowest BCUT2D eigenvalue weighted by Gasteiger charge is -2.23. The van der Waals surface area contributed by atoms with Crippen molar-refractivity contribution in [3.05, 3.63) is 11.8 Å². The molecule has 122 valence electrons. The summed E-state index contributed by atoms with van der Waals surface area (Å²) >= 11 is 0. The number of aliphatic hydroxyl groups excluding tert-OH is 1. The third kappa shape index (κ3) is 4.54. The second-order valence-corrected chi connectivity index (χ2v) is 5.51. The van der Waals surface area contributed by atoms with E-state index in [-0.39, 0.29) is 11.9 Å². The fraction of sp³-hybridized carbons (Fsp3) is 0.643. The maximum atomic E-state index is 11.7. The van der Waals surface area contributed by atoms with Crippen LogP contribution in [0.4, 0.5) is 11.8 Å². The van der Waals surface area contributed by atoms with Crippen LogP contribution >= 0.6 is 0 Å². The molecule has 1 aromatic heterocycles. The molecular formula is C14H24N6O2. The minimum Gasteiger partial charge on any atom is -0.390 e. The normalized spacial score (nSPS) is 19.8. The molecule has 1 atom stereocenters. The predicted molar refractivity (Wildman–Crippen MR) is 84.5 cm³/mol. The van der Waals surface area contributed by atoms with Crippen LogP contribution < -0.4 is 16.0 Å². The van der Waals surface area contributed by atoms with Gasteiger partial charge in [-0.05, 0) is 13.8 Å². The minimum absolute atomic E-state index is 0.0229. The number of rotatable bonds is 4. The third-order valence-corrected chi connectivity index (χ3v) is 3.51. The Morgan fingerprint density at radius 1 is 1.45 bits per heavy atom. The maximum absolute atomic E-state index is 11.7. The van der Waals surface area contributed by atoms with E-state index in [1.54, 1.807) is 0 Å². The monoisotopic (exact) mass is 308 g/mol. The second-order valence-electron chi connectivity index (χ2n) is 5.51. The summed E-state index contributed by atoms with van der Waals surface area (Å²) in [6.07, 6.45) is -0.548. The number of nitrogen functional groups attached to an aromatic ring is 1. The summed E-state index contributed by atoms with van der Waals surface area (Å²) in [5.74, 6) is 0.919. The van der Waals surface area contributed by atoms with Gasteiger partial charge in [-0.1, -0.05) is 0 Å². The van der Waals surface area contributed by atoms with Crippen molar-refractivity contribution in [3.8, 4) is 0 Å². The van der Waals surface area contributed by atoms with Crippen molar-refractivity contribution < 1.29 is 9.90 Å². The number of hydrogen-bond acceptors (Lipinski definition) is 7. The second kappa shape index (κ2) is 7.37. The van der Waals surface area contributed by atoms with E-state index < -0.39 is 6.10 Å². The molecule has 0 bridgehead atoms. The standard InChI is InChI=1S/C14H24N6O2/c1-3-16-13(22)9-19-4-5-20(8-11(21)7-19)12-6-10(2)17-14(15)18-12/h6,11,21H,3-5,7-9H2,1-2H3,(H,16,22)(H2,15,17,18). The van der Waals surface area contributed by atoms with E-state index in [1.165, 1.54) is 0 Å². The SMILES string of the molecule is CCNC(=O)CN1CCN(c2cc(C)nc(N)n2)CC(O)C1. The smallest absolute Gasteiger partial charge is 0.234 e. The van der Waals surface area contributed by atoms with Crippen molar-refractivity contribution in [1.82, 2.24) is 20.2 Å². The van der Waals surface area contributed by atoms with E-state index in [0.717, 1.165) is 5.69 Å². The molecule has 1 aliphatic rings. The van der Waals surface area contributed by atoms with E-state index in [9.17, 15) is 9.90 Å². The summed E-state index contributed by atoms with van der Waals surface area (Å²) in [5, 5.41) is 13.0. The van der Waals surface area contributed by atoms with Crippen LogP contribution in [-0.2, 0) is 4.79 Å². The van der Waals surface area contributed by atoms with Crippen LogP contribution in [0.1, 0.15) is 12.6 Å². The topological polar surface area (TPSA) is 108 Å². The molecule has 4 N–H and O–H groups in total. The molecule has 1 aromatic rings. The summed E-state index contributed by atoms with van der Waals surface area (Å²) in [4.78, 5) is 23.9. The fourth-order valence-electron chi connectivity index (χ4n) is 2.60. The van der Waals surface area contributed by atoms with Crippen molar-refractivity contribution in [1.29, 1.82) is 0 Å². The van der Waals surface area contributed by atoms with Crippen molar-refractivity contribution in [2.24, 2.45) is 0 Å². The maximum Gasteiger partial charge on any atom is 0.234 e. The highest BCUT2D eigenvalue weighted by Crippen LogP contribution is 2.16. The lowest BCUT2D eigenvalue weighted by atomic mass is 10.3. The van der Waals surface area contributed by atoms with Gasteiger partial charge in [0.05, 0.1) is 12.6 Å². The molecule has 0 aliphatic carbocycles. The summed E-state index contributed by atoms with van der Waals surface area (Å²) in [5.41, 5.74) is 6.48. The van der Waals surface area contributed by atoms with E-state index >= 15 is 0 Å². The average molecular weight is 308 g/mol. The number of carbonyl (C=O) groups is 1. The predicted octanol–water partition coefficient (Wildman–Crippen LogP) is -1.01. The first-order valence-corrected chi connectivity index (χ1v) is 7.51.